The van der Waals surface area contributed by atoms with Crippen LogP contribution in [-0.2, 0) is 6.42 Å². The molecular weight excluding hydrogens is 310 g/mol. The lowest BCUT2D eigenvalue weighted by atomic mass is 9.83. The van der Waals surface area contributed by atoms with Crippen molar-refractivity contribution < 1.29 is 0 Å². The summed E-state index contributed by atoms with van der Waals surface area (Å²) in [6.45, 7) is 0. The summed E-state index contributed by atoms with van der Waals surface area (Å²) in [5, 5.41) is 2.13. The highest BCUT2D eigenvalue weighted by Gasteiger charge is 2.17. The number of pyridine rings is 1. The minimum atomic E-state index is 0.691. The molecule has 0 N–H and O–H groups in total. The second-order valence-corrected chi connectivity index (χ2v) is 7.41. The average Bonchev–Trinajstić information content (AvgIpc) is 3.18. The van der Waals surface area contributed by atoms with Crippen LogP contribution in [0.3, 0.4) is 0 Å². The molecule has 0 bridgehead atoms. The van der Waals surface area contributed by atoms with Gasteiger partial charge >= 0.3 is 0 Å². The minimum absolute atomic E-state index is 0.691. The van der Waals surface area contributed by atoms with Gasteiger partial charge in [0.1, 0.15) is 0 Å². The zero-order valence-electron chi connectivity index (χ0n) is 13.7. The number of aromatic nitrogens is 1. The Morgan fingerprint density at radius 2 is 1.92 bits per heavy atom. The van der Waals surface area contributed by atoms with Crippen LogP contribution < -0.4 is 0 Å². The predicted octanol–water partition coefficient (Wildman–Crippen LogP) is 6.24. The van der Waals surface area contributed by atoms with E-state index < -0.39 is 0 Å². The van der Waals surface area contributed by atoms with E-state index in [-0.39, 0.29) is 0 Å². The number of hydrogen-bond donors (Lipinski definition) is 0. The van der Waals surface area contributed by atoms with Gasteiger partial charge < -0.3 is 0 Å². The van der Waals surface area contributed by atoms with Gasteiger partial charge in [-0.2, -0.15) is 0 Å². The van der Waals surface area contributed by atoms with Gasteiger partial charge in [0.25, 0.3) is 0 Å². The molecule has 2 heterocycles. The standard InChI is InChI=1S/C22H21NS/c1-2-7-18(8-3-1)19-9-4-6-17(14-19)15-21-16-20(11-12-23-21)22-10-5-13-24-22/h1-3,5,7-13,16-17H,4,6,14-15H2. The summed E-state index contributed by atoms with van der Waals surface area (Å²) in [6, 6.07) is 19.5. The molecule has 0 spiro atoms. The van der Waals surface area contributed by atoms with Gasteiger partial charge in [0.15, 0.2) is 0 Å². The Morgan fingerprint density at radius 3 is 2.75 bits per heavy atom. The molecule has 0 amide bonds. The highest BCUT2D eigenvalue weighted by atomic mass is 32.1. The molecule has 2 aromatic heterocycles. The van der Waals surface area contributed by atoms with Crippen LogP contribution in [0.4, 0.5) is 0 Å². The first-order valence-corrected chi connectivity index (χ1v) is 9.50. The van der Waals surface area contributed by atoms with Crippen molar-refractivity contribution in [3.05, 3.63) is 83.5 Å². The molecule has 1 atom stereocenters. The van der Waals surface area contributed by atoms with Crippen molar-refractivity contribution in [2.75, 3.05) is 0 Å². The molecule has 0 saturated carbocycles. The molecule has 0 fully saturated rings. The molecule has 1 aromatic carbocycles. The van der Waals surface area contributed by atoms with Gasteiger partial charge in [-0.1, -0.05) is 42.5 Å². The van der Waals surface area contributed by atoms with Crippen LogP contribution in [0, 0.1) is 5.92 Å². The summed E-state index contributed by atoms with van der Waals surface area (Å²) in [4.78, 5) is 5.95. The molecule has 1 nitrogen and oxygen atoms in total. The Hall–Kier alpha value is -2.19. The van der Waals surface area contributed by atoms with Crippen LogP contribution in [0.2, 0.25) is 0 Å². The number of rotatable bonds is 4. The molecule has 1 aliphatic carbocycles. The lowest BCUT2D eigenvalue weighted by Crippen LogP contribution is -2.10. The van der Waals surface area contributed by atoms with Crippen LogP contribution in [0.1, 0.15) is 30.5 Å². The number of nitrogens with zero attached hydrogens (tertiary/aromatic N) is 1. The average molecular weight is 331 g/mol. The van der Waals surface area contributed by atoms with E-state index in [1.807, 2.05) is 6.20 Å². The molecule has 0 aliphatic heterocycles. The van der Waals surface area contributed by atoms with Gasteiger partial charge in [-0.15, -0.1) is 11.3 Å². The summed E-state index contributed by atoms with van der Waals surface area (Å²) in [6.07, 6.45) is 9.06. The first kappa shape index (κ1) is 15.3. The quantitative estimate of drug-likeness (QED) is 0.551. The van der Waals surface area contributed by atoms with Crippen molar-refractivity contribution in [2.45, 2.75) is 25.7 Å². The molecule has 120 valence electrons. The van der Waals surface area contributed by atoms with E-state index in [0.29, 0.717) is 5.92 Å². The topological polar surface area (TPSA) is 12.9 Å². The maximum atomic E-state index is 4.63. The van der Waals surface area contributed by atoms with Crippen molar-refractivity contribution in [3.8, 4) is 10.4 Å². The van der Waals surface area contributed by atoms with Crippen molar-refractivity contribution in [1.29, 1.82) is 0 Å². The molecule has 3 aromatic rings. The van der Waals surface area contributed by atoms with E-state index in [2.05, 4.69) is 71.0 Å². The Balaban J connectivity index is 1.48. The Bertz CT molecular complexity index is 818. The van der Waals surface area contributed by atoms with Crippen molar-refractivity contribution in [3.63, 3.8) is 0 Å². The monoisotopic (exact) mass is 331 g/mol. The van der Waals surface area contributed by atoms with E-state index in [4.69, 9.17) is 0 Å². The van der Waals surface area contributed by atoms with Crippen LogP contribution >= 0.6 is 11.3 Å². The maximum absolute atomic E-state index is 4.63. The van der Waals surface area contributed by atoms with Gasteiger partial charge in [-0.25, -0.2) is 0 Å². The van der Waals surface area contributed by atoms with Gasteiger partial charge in [0, 0.05) is 16.8 Å². The molecule has 1 unspecified atom stereocenters. The van der Waals surface area contributed by atoms with Crippen molar-refractivity contribution in [1.82, 2.24) is 4.98 Å². The molecule has 4 rings (SSSR count). The normalized spacial score (nSPS) is 17.5. The van der Waals surface area contributed by atoms with Crippen LogP contribution in [0.5, 0.6) is 0 Å². The first-order chi connectivity index (χ1) is 11.9. The number of thiophene rings is 1. The third kappa shape index (κ3) is 3.49. The molecule has 24 heavy (non-hydrogen) atoms. The Labute approximate surface area is 147 Å². The third-order valence-electron chi connectivity index (χ3n) is 4.74. The van der Waals surface area contributed by atoms with Crippen LogP contribution in [0.15, 0.2) is 72.3 Å². The van der Waals surface area contributed by atoms with E-state index in [1.54, 1.807) is 11.3 Å². The minimum Gasteiger partial charge on any atom is -0.261 e. The maximum Gasteiger partial charge on any atom is 0.0412 e. The lowest BCUT2D eigenvalue weighted by Gasteiger charge is -2.23. The molecular formula is C22H21NS. The summed E-state index contributed by atoms with van der Waals surface area (Å²) in [5.74, 6) is 0.691. The molecule has 2 heteroatoms. The van der Waals surface area contributed by atoms with E-state index in [1.165, 1.54) is 40.1 Å². The highest BCUT2D eigenvalue weighted by Crippen LogP contribution is 2.33. The summed E-state index contributed by atoms with van der Waals surface area (Å²) in [7, 11) is 0. The molecule has 0 radical (unpaired) electrons. The number of hydrogen-bond acceptors (Lipinski definition) is 2. The molecule has 1 aliphatic rings. The number of allylic oxidation sites excluding steroid dienone is 2. The predicted molar refractivity (Wildman–Crippen MR) is 103 cm³/mol. The zero-order valence-corrected chi connectivity index (χ0v) is 14.5. The van der Waals surface area contributed by atoms with Gasteiger partial charge in [0.2, 0.25) is 0 Å². The van der Waals surface area contributed by atoms with Gasteiger partial charge in [0.05, 0.1) is 0 Å². The number of benzene rings is 1. The fourth-order valence-electron chi connectivity index (χ4n) is 3.53. The van der Waals surface area contributed by atoms with E-state index in [9.17, 15) is 0 Å². The van der Waals surface area contributed by atoms with Crippen LogP contribution in [-0.4, -0.2) is 4.98 Å². The summed E-state index contributed by atoms with van der Waals surface area (Å²) in [5.41, 5.74) is 5.40. The molecule has 0 saturated heterocycles. The SMILES string of the molecule is C1=C(c2ccccc2)CC(Cc2cc(-c3cccs3)ccn2)CC1. The largest absolute Gasteiger partial charge is 0.261 e. The van der Waals surface area contributed by atoms with Crippen molar-refractivity contribution in [2.24, 2.45) is 5.92 Å². The summed E-state index contributed by atoms with van der Waals surface area (Å²) < 4.78 is 0. The fourth-order valence-corrected chi connectivity index (χ4v) is 4.26. The third-order valence-corrected chi connectivity index (χ3v) is 5.66. The lowest BCUT2D eigenvalue weighted by molar-refractivity contribution is 0.480. The van der Waals surface area contributed by atoms with Gasteiger partial charge in [-0.05, 0) is 71.9 Å². The zero-order chi connectivity index (χ0) is 16.2. The van der Waals surface area contributed by atoms with Crippen molar-refractivity contribution >= 4 is 16.9 Å². The van der Waals surface area contributed by atoms with Crippen LogP contribution in [0.25, 0.3) is 16.0 Å². The van der Waals surface area contributed by atoms with E-state index in [0.717, 1.165) is 12.8 Å². The Kier molecular flexibility index (Phi) is 4.57. The second kappa shape index (κ2) is 7.14. The summed E-state index contributed by atoms with van der Waals surface area (Å²) >= 11 is 1.79. The van der Waals surface area contributed by atoms with E-state index >= 15 is 0 Å². The first-order valence-electron chi connectivity index (χ1n) is 8.62. The Morgan fingerprint density at radius 1 is 1.00 bits per heavy atom. The second-order valence-electron chi connectivity index (χ2n) is 6.46. The van der Waals surface area contributed by atoms with Gasteiger partial charge in [-0.3, -0.25) is 4.98 Å². The smallest absolute Gasteiger partial charge is 0.0412 e. The highest BCUT2D eigenvalue weighted by molar-refractivity contribution is 7.13. The fraction of sp³-hybridized carbons (Fsp3) is 0.227.